The zero-order valence-corrected chi connectivity index (χ0v) is 19.9. The number of nitrogens with two attached hydrogens (primary N) is 2. The van der Waals surface area contributed by atoms with Crippen molar-refractivity contribution < 1.29 is 14.6 Å². The summed E-state index contributed by atoms with van der Waals surface area (Å²) in [5, 5.41) is 23.8. The molecule has 0 bridgehead atoms. The Kier molecular flexibility index (Phi) is 4.97. The predicted octanol–water partition coefficient (Wildman–Crippen LogP) is 3.55. The number of hydrogen-bond acceptors (Lipinski definition) is 7. The molecule has 3 heterocycles. The molecule has 6 rings (SSSR count). The van der Waals surface area contributed by atoms with Crippen LogP contribution in [0.25, 0.3) is 21.9 Å². The van der Waals surface area contributed by atoms with Crippen molar-refractivity contribution in [3.63, 3.8) is 0 Å². The molecule has 6 N–H and O–H groups in total. The minimum absolute atomic E-state index is 0.0517. The molecule has 2 fully saturated rings. The van der Waals surface area contributed by atoms with Gasteiger partial charge in [0.05, 0.1) is 28.1 Å². The number of rotatable bonds is 4. The van der Waals surface area contributed by atoms with E-state index in [9.17, 15) is 14.6 Å². The number of benzene rings is 1. The van der Waals surface area contributed by atoms with Crippen LogP contribution in [0.2, 0.25) is 5.02 Å². The minimum atomic E-state index is -0.954. The maximum Gasteiger partial charge on any atom is 0.146 e. The third kappa shape index (κ3) is 3.15. The number of aliphatic hydroxyl groups is 2. The van der Waals surface area contributed by atoms with Gasteiger partial charge in [0.1, 0.15) is 35.5 Å². The summed E-state index contributed by atoms with van der Waals surface area (Å²) in [6.45, 7) is 1.95. The van der Waals surface area contributed by atoms with Gasteiger partial charge < -0.3 is 26.2 Å². The van der Waals surface area contributed by atoms with E-state index in [0.717, 1.165) is 29.5 Å². The molecule has 2 aliphatic carbocycles. The number of nitrogen functional groups attached to an aromatic ring is 2. The number of aromatic nitrogens is 4. The summed E-state index contributed by atoms with van der Waals surface area (Å²) in [6.07, 6.45) is 2.37. The van der Waals surface area contributed by atoms with E-state index < -0.39 is 23.4 Å². The third-order valence-electron chi connectivity index (χ3n) is 8.29. The summed E-state index contributed by atoms with van der Waals surface area (Å²) in [5.41, 5.74) is 14.2. The van der Waals surface area contributed by atoms with Gasteiger partial charge in [0.15, 0.2) is 0 Å². The first-order chi connectivity index (χ1) is 16.7. The van der Waals surface area contributed by atoms with Crippen molar-refractivity contribution in [2.45, 2.75) is 50.9 Å². The number of pyridine rings is 1. The van der Waals surface area contributed by atoms with Crippen LogP contribution in [0.5, 0.6) is 0 Å². The quantitative estimate of drug-likeness (QED) is 0.339. The van der Waals surface area contributed by atoms with Gasteiger partial charge in [-0.3, -0.25) is 0 Å². The summed E-state index contributed by atoms with van der Waals surface area (Å²) in [6, 6.07) is 6.38. The van der Waals surface area contributed by atoms with Crippen molar-refractivity contribution in [2.75, 3.05) is 11.5 Å². The molecule has 3 aromatic heterocycles. The Hall–Kier alpha value is -3.01. The molecule has 4 aromatic rings. The average molecular weight is 497 g/mol. The summed E-state index contributed by atoms with van der Waals surface area (Å²) in [5.74, 6) is 0.185. The Bertz CT molecular complexity index is 1490. The van der Waals surface area contributed by atoms with Crippen molar-refractivity contribution >= 4 is 45.2 Å². The highest BCUT2D eigenvalue weighted by molar-refractivity contribution is 6.33. The number of fused-ring (bicyclic) bond motifs is 3. The van der Waals surface area contributed by atoms with Gasteiger partial charge in [-0.05, 0) is 68.4 Å². The number of aryl methyl sites for hydroxylation is 2. The van der Waals surface area contributed by atoms with Gasteiger partial charge in [-0.25, -0.2) is 19.3 Å². The van der Waals surface area contributed by atoms with E-state index in [1.54, 1.807) is 0 Å². The average Bonchev–Trinajstić information content (AvgIpc) is 3.20. The molecule has 0 amide bonds. The van der Waals surface area contributed by atoms with Gasteiger partial charge >= 0.3 is 0 Å². The Balaban J connectivity index is 1.33. The molecule has 5 atom stereocenters. The molecule has 0 saturated heterocycles. The molecule has 8 nitrogen and oxygen atoms in total. The zero-order chi connectivity index (χ0) is 24.6. The lowest BCUT2D eigenvalue weighted by molar-refractivity contribution is -0.0742. The molecule has 2 aliphatic rings. The van der Waals surface area contributed by atoms with Gasteiger partial charge in [-0.15, -0.1) is 0 Å². The van der Waals surface area contributed by atoms with E-state index in [1.165, 1.54) is 18.5 Å². The van der Waals surface area contributed by atoms with Crippen LogP contribution in [0.3, 0.4) is 0 Å². The van der Waals surface area contributed by atoms with Crippen LogP contribution in [-0.4, -0.2) is 41.9 Å². The Morgan fingerprint density at radius 2 is 1.94 bits per heavy atom. The summed E-state index contributed by atoms with van der Waals surface area (Å²) < 4.78 is 16.8. The highest BCUT2D eigenvalue weighted by Crippen LogP contribution is 2.64. The van der Waals surface area contributed by atoms with E-state index in [2.05, 4.69) is 15.0 Å². The first-order valence-electron chi connectivity index (χ1n) is 11.7. The normalized spacial score (nSPS) is 27.9. The molecule has 0 aliphatic heterocycles. The smallest absolute Gasteiger partial charge is 0.146 e. The number of halogens is 2. The molecule has 10 heteroatoms. The standard InChI is InChI=1S/C25H26ClFN6O2/c1-11-6-14-22(28)30-10-31-24(14)33(11)19-15-3-5-25(15,21(35)20(19)34)4-2-12-7-17(27)13-9-16(26)23(29)32-18(13)8-12/h6-10,15,19-21,34-35H,2-5H2,1H3,(H2,29,32)(H2,28,30,31)/t15-,19-,20+,21+,25-/m1/s1. The maximum atomic E-state index is 14.8. The Labute approximate surface area is 205 Å². The van der Waals surface area contributed by atoms with E-state index in [-0.39, 0.29) is 22.8 Å². The van der Waals surface area contributed by atoms with E-state index in [1.807, 2.05) is 23.6 Å². The van der Waals surface area contributed by atoms with E-state index in [0.29, 0.717) is 35.2 Å². The van der Waals surface area contributed by atoms with Crippen LogP contribution in [0.4, 0.5) is 16.0 Å². The second kappa shape index (κ2) is 7.74. The number of nitrogens with zero attached hydrogens (tertiary/aromatic N) is 4. The van der Waals surface area contributed by atoms with E-state index >= 15 is 0 Å². The van der Waals surface area contributed by atoms with Crippen molar-refractivity contribution in [2.24, 2.45) is 11.3 Å². The summed E-state index contributed by atoms with van der Waals surface area (Å²) >= 11 is 6.01. The fraction of sp³-hybridized carbons (Fsp3) is 0.400. The largest absolute Gasteiger partial charge is 0.390 e. The second-order valence-electron chi connectivity index (χ2n) is 9.96. The van der Waals surface area contributed by atoms with Gasteiger partial charge in [0, 0.05) is 16.5 Å². The Morgan fingerprint density at radius 3 is 2.69 bits per heavy atom. The topological polar surface area (TPSA) is 136 Å². The SMILES string of the molecule is Cc1cc2c(N)ncnc2n1[C@H]1[C@H](O)[C@H](O)[C@]2(CCc3cc(F)c4cc(Cl)c(N)nc4c3)CC[C@H]12. The van der Waals surface area contributed by atoms with Gasteiger partial charge in [-0.2, -0.15) is 0 Å². The molecular formula is C25H26ClFN6O2. The molecule has 35 heavy (non-hydrogen) atoms. The molecule has 0 spiro atoms. The fourth-order valence-corrected chi connectivity index (χ4v) is 6.62. The van der Waals surface area contributed by atoms with Crippen molar-refractivity contribution in [3.05, 3.63) is 52.7 Å². The maximum absolute atomic E-state index is 14.8. The van der Waals surface area contributed by atoms with Crippen LogP contribution in [0.15, 0.2) is 30.6 Å². The minimum Gasteiger partial charge on any atom is -0.390 e. The number of aliphatic hydroxyl groups excluding tert-OH is 2. The van der Waals surface area contributed by atoms with Crippen molar-refractivity contribution in [3.8, 4) is 0 Å². The highest BCUT2D eigenvalue weighted by Gasteiger charge is 2.64. The highest BCUT2D eigenvalue weighted by atomic mass is 35.5. The number of hydrogen-bond donors (Lipinski definition) is 4. The predicted molar refractivity (Wildman–Crippen MR) is 132 cm³/mol. The zero-order valence-electron chi connectivity index (χ0n) is 19.1. The van der Waals surface area contributed by atoms with Gasteiger partial charge in [0.2, 0.25) is 0 Å². The fourth-order valence-electron chi connectivity index (χ4n) is 6.47. The van der Waals surface area contributed by atoms with Crippen molar-refractivity contribution in [1.82, 2.24) is 19.5 Å². The molecule has 0 unspecified atom stereocenters. The molecule has 1 aromatic carbocycles. The summed E-state index contributed by atoms with van der Waals surface area (Å²) in [4.78, 5) is 12.7. The monoisotopic (exact) mass is 496 g/mol. The van der Waals surface area contributed by atoms with Gasteiger partial charge in [-0.1, -0.05) is 11.6 Å². The van der Waals surface area contributed by atoms with Crippen molar-refractivity contribution in [1.29, 1.82) is 0 Å². The van der Waals surface area contributed by atoms with Crippen LogP contribution in [-0.2, 0) is 6.42 Å². The third-order valence-corrected chi connectivity index (χ3v) is 8.59. The van der Waals surface area contributed by atoms with Crippen LogP contribution >= 0.6 is 11.6 Å². The van der Waals surface area contributed by atoms with Crippen LogP contribution in [0.1, 0.15) is 36.6 Å². The molecule has 0 radical (unpaired) electrons. The van der Waals surface area contributed by atoms with E-state index in [4.69, 9.17) is 23.1 Å². The molecule has 2 saturated carbocycles. The lowest BCUT2D eigenvalue weighted by atomic mass is 9.58. The summed E-state index contributed by atoms with van der Waals surface area (Å²) in [7, 11) is 0. The molecular weight excluding hydrogens is 471 g/mol. The van der Waals surface area contributed by atoms with Crippen LogP contribution in [0, 0.1) is 24.1 Å². The van der Waals surface area contributed by atoms with Gasteiger partial charge in [0.25, 0.3) is 0 Å². The second-order valence-corrected chi connectivity index (χ2v) is 10.4. The first kappa shape index (κ1) is 22.5. The first-order valence-corrected chi connectivity index (χ1v) is 12.1. The Morgan fingerprint density at radius 1 is 1.14 bits per heavy atom. The number of anilines is 2. The lowest BCUT2D eigenvalue weighted by Gasteiger charge is -2.48. The molecule has 182 valence electrons. The van der Waals surface area contributed by atoms with Crippen LogP contribution < -0.4 is 11.5 Å². The lowest BCUT2D eigenvalue weighted by Crippen LogP contribution is -2.46.